The second kappa shape index (κ2) is 6.07. The van der Waals surface area contributed by atoms with Crippen LogP contribution >= 0.6 is 0 Å². The Morgan fingerprint density at radius 3 is 2.65 bits per heavy atom. The summed E-state index contributed by atoms with van der Waals surface area (Å²) in [5.74, 6) is -0.420. The van der Waals surface area contributed by atoms with Gasteiger partial charge in [0.15, 0.2) is 0 Å². The number of carbonyl (C=O) groups is 2. The average Bonchev–Trinajstić information content (AvgIpc) is 3.19. The van der Waals surface area contributed by atoms with E-state index in [1.54, 1.807) is 4.90 Å². The van der Waals surface area contributed by atoms with E-state index in [0.29, 0.717) is 19.0 Å². The number of carbonyl (C=O) groups excluding carboxylic acids is 1. The summed E-state index contributed by atoms with van der Waals surface area (Å²) < 4.78 is 0. The molecule has 0 radical (unpaired) electrons. The second-order valence-electron chi connectivity index (χ2n) is 5.37. The zero-order valence-corrected chi connectivity index (χ0v) is 12.0. The molecule has 2 rings (SSSR count). The maximum atomic E-state index is 12.4. The van der Waals surface area contributed by atoms with Crippen LogP contribution in [0.5, 0.6) is 0 Å². The fraction of sp³-hybridized carbons (Fsp3) is 0.500. The Bertz CT molecular complexity index is 512. The van der Waals surface area contributed by atoms with Crippen molar-refractivity contribution in [2.75, 3.05) is 13.1 Å². The normalized spacial score (nSPS) is 20.5. The summed E-state index contributed by atoms with van der Waals surface area (Å²) in [5, 5.41) is 8.72. The third-order valence-electron chi connectivity index (χ3n) is 3.98. The molecule has 20 heavy (non-hydrogen) atoms. The number of nitrogens with zero attached hydrogens (tertiary/aromatic N) is 1. The molecule has 1 amide bonds. The maximum absolute atomic E-state index is 12.4. The predicted octanol–water partition coefficient (Wildman–Crippen LogP) is 2.42. The molecule has 108 valence electrons. The predicted molar refractivity (Wildman–Crippen MR) is 76.5 cm³/mol. The molecule has 0 aromatic heterocycles. The minimum Gasteiger partial charge on any atom is -0.481 e. The van der Waals surface area contributed by atoms with Gasteiger partial charge < -0.3 is 10.0 Å². The van der Waals surface area contributed by atoms with Crippen molar-refractivity contribution in [2.45, 2.75) is 32.6 Å². The Labute approximate surface area is 119 Å². The summed E-state index contributed by atoms with van der Waals surface area (Å²) in [7, 11) is 0. The van der Waals surface area contributed by atoms with Gasteiger partial charge >= 0.3 is 5.97 Å². The van der Waals surface area contributed by atoms with Crippen LogP contribution in [0, 0.1) is 12.8 Å². The van der Waals surface area contributed by atoms with Crippen LogP contribution in [0.25, 0.3) is 0 Å². The average molecular weight is 275 g/mol. The van der Waals surface area contributed by atoms with Crippen LogP contribution in [0.3, 0.4) is 0 Å². The van der Waals surface area contributed by atoms with Gasteiger partial charge in [-0.1, -0.05) is 24.3 Å². The monoisotopic (exact) mass is 275 g/mol. The standard InChI is InChI=1S/C16H21NO3/c1-3-17(9-8-15(18)19)16(20)14-10-13(14)12-7-5-4-6-11(12)2/h4-7,13-14H,3,8-10H2,1-2H3,(H,18,19)/t13-,14+/m0/s1. The van der Waals surface area contributed by atoms with Crippen molar-refractivity contribution in [3.8, 4) is 0 Å². The van der Waals surface area contributed by atoms with Gasteiger partial charge in [-0.2, -0.15) is 0 Å². The molecular formula is C16H21NO3. The molecule has 4 nitrogen and oxygen atoms in total. The van der Waals surface area contributed by atoms with E-state index in [2.05, 4.69) is 19.1 Å². The molecule has 1 aliphatic rings. The van der Waals surface area contributed by atoms with Crippen molar-refractivity contribution in [1.29, 1.82) is 0 Å². The molecule has 0 spiro atoms. The van der Waals surface area contributed by atoms with Crippen LogP contribution in [0.15, 0.2) is 24.3 Å². The van der Waals surface area contributed by atoms with Gasteiger partial charge in [-0.25, -0.2) is 0 Å². The summed E-state index contributed by atoms with van der Waals surface area (Å²) in [6, 6.07) is 8.16. The van der Waals surface area contributed by atoms with Crippen LogP contribution in [0.4, 0.5) is 0 Å². The minimum absolute atomic E-state index is 0.0152. The summed E-state index contributed by atoms with van der Waals surface area (Å²) in [6.07, 6.45) is 0.897. The third kappa shape index (κ3) is 3.18. The summed E-state index contributed by atoms with van der Waals surface area (Å²) in [6.45, 7) is 4.84. The zero-order chi connectivity index (χ0) is 14.7. The summed E-state index contributed by atoms with van der Waals surface area (Å²) in [5.41, 5.74) is 2.47. The number of benzene rings is 1. The fourth-order valence-corrected chi connectivity index (χ4v) is 2.70. The van der Waals surface area contributed by atoms with E-state index >= 15 is 0 Å². The Kier molecular flexibility index (Phi) is 4.42. The van der Waals surface area contributed by atoms with Crippen molar-refractivity contribution < 1.29 is 14.7 Å². The lowest BCUT2D eigenvalue weighted by molar-refractivity contribution is -0.138. The molecule has 0 aliphatic heterocycles. The molecule has 4 heteroatoms. The van der Waals surface area contributed by atoms with Gasteiger partial charge in [0.05, 0.1) is 6.42 Å². The number of amides is 1. The van der Waals surface area contributed by atoms with Crippen LogP contribution in [-0.4, -0.2) is 35.0 Å². The first-order valence-electron chi connectivity index (χ1n) is 7.10. The first kappa shape index (κ1) is 14.6. The fourth-order valence-electron chi connectivity index (χ4n) is 2.70. The van der Waals surface area contributed by atoms with Gasteiger partial charge in [-0.3, -0.25) is 9.59 Å². The lowest BCUT2D eigenvalue weighted by Crippen LogP contribution is -2.34. The van der Waals surface area contributed by atoms with Gasteiger partial charge in [0.25, 0.3) is 0 Å². The molecule has 2 atom stereocenters. The van der Waals surface area contributed by atoms with Gasteiger partial charge in [-0.15, -0.1) is 0 Å². The van der Waals surface area contributed by atoms with E-state index < -0.39 is 5.97 Å². The maximum Gasteiger partial charge on any atom is 0.305 e. The molecule has 1 saturated carbocycles. The lowest BCUT2D eigenvalue weighted by Gasteiger charge is -2.20. The highest BCUT2D eigenvalue weighted by Crippen LogP contribution is 2.49. The number of carboxylic acid groups (broad SMARTS) is 1. The van der Waals surface area contributed by atoms with Gasteiger partial charge in [0, 0.05) is 19.0 Å². The smallest absolute Gasteiger partial charge is 0.305 e. The molecule has 1 aliphatic carbocycles. The summed E-state index contributed by atoms with van der Waals surface area (Å²) in [4.78, 5) is 24.7. The highest BCUT2D eigenvalue weighted by molar-refractivity contribution is 5.83. The first-order chi connectivity index (χ1) is 9.54. The zero-order valence-electron chi connectivity index (χ0n) is 12.0. The van der Waals surface area contributed by atoms with E-state index in [1.165, 1.54) is 11.1 Å². The Hall–Kier alpha value is -1.84. The SMILES string of the molecule is CCN(CCC(=O)O)C(=O)[C@@H]1C[C@H]1c1ccccc1C. The number of carboxylic acids is 1. The Morgan fingerprint density at radius 1 is 1.35 bits per heavy atom. The quantitative estimate of drug-likeness (QED) is 0.867. The van der Waals surface area contributed by atoms with Crippen molar-refractivity contribution >= 4 is 11.9 Å². The Morgan fingerprint density at radius 2 is 2.05 bits per heavy atom. The number of rotatable bonds is 6. The van der Waals surface area contributed by atoms with Gasteiger partial charge in [0.1, 0.15) is 0 Å². The molecule has 1 N–H and O–H groups in total. The van der Waals surface area contributed by atoms with E-state index in [9.17, 15) is 9.59 Å². The number of aryl methyl sites for hydroxylation is 1. The van der Waals surface area contributed by atoms with Gasteiger partial charge in [-0.05, 0) is 37.3 Å². The first-order valence-corrected chi connectivity index (χ1v) is 7.10. The van der Waals surface area contributed by atoms with Crippen molar-refractivity contribution in [2.24, 2.45) is 5.92 Å². The van der Waals surface area contributed by atoms with Crippen LogP contribution < -0.4 is 0 Å². The molecule has 0 heterocycles. The third-order valence-corrected chi connectivity index (χ3v) is 3.98. The van der Waals surface area contributed by atoms with Crippen molar-refractivity contribution in [3.63, 3.8) is 0 Å². The van der Waals surface area contributed by atoms with Crippen molar-refractivity contribution in [1.82, 2.24) is 4.90 Å². The number of hydrogen-bond donors (Lipinski definition) is 1. The van der Waals surface area contributed by atoms with Crippen molar-refractivity contribution in [3.05, 3.63) is 35.4 Å². The second-order valence-corrected chi connectivity index (χ2v) is 5.37. The number of hydrogen-bond acceptors (Lipinski definition) is 2. The largest absolute Gasteiger partial charge is 0.481 e. The van der Waals surface area contributed by atoms with Crippen LogP contribution in [0.1, 0.15) is 36.8 Å². The van der Waals surface area contributed by atoms with Crippen LogP contribution in [0.2, 0.25) is 0 Å². The molecule has 1 aromatic carbocycles. The highest BCUT2D eigenvalue weighted by Gasteiger charge is 2.45. The topological polar surface area (TPSA) is 57.6 Å². The lowest BCUT2D eigenvalue weighted by atomic mass is 10.0. The number of aliphatic carboxylic acids is 1. The van der Waals surface area contributed by atoms with Gasteiger partial charge in [0.2, 0.25) is 5.91 Å². The molecule has 0 bridgehead atoms. The van der Waals surface area contributed by atoms with E-state index in [-0.39, 0.29) is 18.2 Å². The van der Waals surface area contributed by atoms with E-state index in [0.717, 1.165) is 6.42 Å². The summed E-state index contributed by atoms with van der Waals surface area (Å²) >= 11 is 0. The highest BCUT2D eigenvalue weighted by atomic mass is 16.4. The van der Waals surface area contributed by atoms with E-state index in [4.69, 9.17) is 5.11 Å². The molecular weight excluding hydrogens is 254 g/mol. The van der Waals surface area contributed by atoms with Crippen LogP contribution in [-0.2, 0) is 9.59 Å². The molecule has 1 aromatic rings. The Balaban J connectivity index is 1.98. The molecule has 1 fully saturated rings. The molecule has 0 unspecified atom stereocenters. The van der Waals surface area contributed by atoms with E-state index in [1.807, 2.05) is 19.1 Å². The minimum atomic E-state index is -0.859. The molecule has 0 saturated heterocycles.